The van der Waals surface area contributed by atoms with Gasteiger partial charge >= 0.3 is 0 Å². The fourth-order valence-corrected chi connectivity index (χ4v) is 1.30. The summed E-state index contributed by atoms with van der Waals surface area (Å²) in [5.41, 5.74) is 0. The second kappa shape index (κ2) is 3.88. The van der Waals surface area contributed by atoms with Gasteiger partial charge in [-0.15, -0.1) is 10.2 Å². The van der Waals surface area contributed by atoms with Crippen LogP contribution in [0.1, 0.15) is 5.76 Å². The van der Waals surface area contributed by atoms with Crippen molar-refractivity contribution in [3.8, 4) is 0 Å². The number of hydrogen-bond donors (Lipinski definition) is 1. The first-order chi connectivity index (χ1) is 7.58. The lowest BCUT2D eigenvalue weighted by Gasteiger charge is -2.11. The molecule has 0 saturated heterocycles. The van der Waals surface area contributed by atoms with Gasteiger partial charge in [-0.2, -0.15) is 0 Å². The van der Waals surface area contributed by atoms with Gasteiger partial charge in [0.15, 0.2) is 0 Å². The van der Waals surface area contributed by atoms with Crippen molar-refractivity contribution in [1.29, 1.82) is 0 Å². The van der Waals surface area contributed by atoms with Gasteiger partial charge in [-0.05, 0) is 13.0 Å². The number of aromatic amines is 1. The molecule has 0 atom stereocenters. The van der Waals surface area contributed by atoms with Gasteiger partial charge in [-0.1, -0.05) is 0 Å². The summed E-state index contributed by atoms with van der Waals surface area (Å²) in [7, 11) is 5.68. The molecule has 2 aromatic rings. The number of hydrogen-bond acceptors (Lipinski definition) is 5. The average Bonchev–Trinajstić information content (AvgIpc) is 2.84. The molecule has 0 saturated carbocycles. The maximum atomic E-state index is 5.49. The predicted molar refractivity (Wildman–Crippen MR) is 62.2 cm³/mol. The quantitative estimate of drug-likeness (QED) is 0.851. The second-order valence-corrected chi connectivity index (χ2v) is 3.81. The van der Waals surface area contributed by atoms with Crippen LogP contribution < -0.4 is 9.80 Å². The summed E-state index contributed by atoms with van der Waals surface area (Å²) in [5.74, 6) is 2.97. The molecule has 6 nitrogen and oxygen atoms in total. The molecule has 0 aliphatic carbocycles. The summed E-state index contributed by atoms with van der Waals surface area (Å²) < 4.78 is 5.49. The highest BCUT2D eigenvalue weighted by atomic mass is 16.4. The Morgan fingerprint density at radius 2 is 1.81 bits per heavy atom. The van der Waals surface area contributed by atoms with Gasteiger partial charge in [0.25, 0.3) is 0 Å². The van der Waals surface area contributed by atoms with Gasteiger partial charge in [0, 0.05) is 27.2 Å². The van der Waals surface area contributed by atoms with Crippen LogP contribution in [0, 0.1) is 6.92 Å². The molecule has 86 valence electrons. The maximum absolute atomic E-state index is 5.49. The Balaban J connectivity index is 2.23. The van der Waals surface area contributed by atoms with Crippen molar-refractivity contribution < 1.29 is 4.42 Å². The summed E-state index contributed by atoms with van der Waals surface area (Å²) >= 11 is 0. The number of aromatic nitrogens is 3. The Morgan fingerprint density at radius 3 is 2.31 bits per heavy atom. The van der Waals surface area contributed by atoms with E-state index in [4.69, 9.17) is 4.42 Å². The zero-order valence-corrected chi connectivity index (χ0v) is 9.85. The van der Waals surface area contributed by atoms with Gasteiger partial charge in [-0.25, -0.2) is 0 Å². The van der Waals surface area contributed by atoms with Crippen LogP contribution in [-0.4, -0.2) is 36.3 Å². The van der Waals surface area contributed by atoms with E-state index >= 15 is 0 Å². The maximum Gasteiger partial charge on any atom is 0.232 e. The molecular formula is C10H15N5O. The molecular weight excluding hydrogens is 206 g/mol. The number of aryl methyl sites for hydroxylation is 1. The zero-order chi connectivity index (χ0) is 11.7. The summed E-state index contributed by atoms with van der Waals surface area (Å²) in [6, 6.07) is 3.81. The number of furan rings is 1. The van der Waals surface area contributed by atoms with E-state index < -0.39 is 0 Å². The van der Waals surface area contributed by atoms with Crippen molar-refractivity contribution >= 4 is 17.8 Å². The Hall–Kier alpha value is -1.98. The molecule has 16 heavy (non-hydrogen) atoms. The Labute approximate surface area is 93.9 Å². The third kappa shape index (κ3) is 1.86. The molecule has 0 unspecified atom stereocenters. The van der Waals surface area contributed by atoms with Gasteiger partial charge < -0.3 is 9.32 Å². The molecule has 1 N–H and O–H groups in total. The second-order valence-electron chi connectivity index (χ2n) is 3.81. The lowest BCUT2D eigenvalue weighted by molar-refractivity contribution is 0.536. The van der Waals surface area contributed by atoms with E-state index in [-0.39, 0.29) is 0 Å². The minimum Gasteiger partial charge on any atom is -0.445 e. The molecule has 6 heteroatoms. The molecule has 2 aromatic heterocycles. The molecule has 0 aliphatic heterocycles. The first-order valence-corrected chi connectivity index (χ1v) is 4.98. The van der Waals surface area contributed by atoms with Crippen LogP contribution in [0.3, 0.4) is 0 Å². The van der Waals surface area contributed by atoms with Gasteiger partial charge in [0.2, 0.25) is 17.8 Å². The minimum absolute atomic E-state index is 0.651. The fourth-order valence-electron chi connectivity index (χ4n) is 1.30. The monoisotopic (exact) mass is 221 g/mol. The largest absolute Gasteiger partial charge is 0.445 e. The number of anilines is 3. The first-order valence-electron chi connectivity index (χ1n) is 4.98. The third-order valence-electron chi connectivity index (χ3n) is 2.26. The number of nitrogens with zero attached hydrogens (tertiary/aromatic N) is 4. The van der Waals surface area contributed by atoms with Gasteiger partial charge in [0.1, 0.15) is 5.76 Å². The van der Waals surface area contributed by atoms with Crippen molar-refractivity contribution in [1.82, 2.24) is 15.2 Å². The normalized spacial score (nSPS) is 10.5. The zero-order valence-electron chi connectivity index (χ0n) is 9.85. The molecule has 0 bridgehead atoms. The fraction of sp³-hybridized carbons (Fsp3) is 0.400. The smallest absolute Gasteiger partial charge is 0.232 e. The highest BCUT2D eigenvalue weighted by Crippen LogP contribution is 2.23. The molecule has 0 aliphatic rings. The van der Waals surface area contributed by atoms with Crippen molar-refractivity contribution in [2.45, 2.75) is 6.92 Å². The molecule has 0 aromatic carbocycles. The topological polar surface area (TPSA) is 61.2 Å². The SMILES string of the molecule is Cc1ccc(N(C)c2nnc(N(C)C)[nH]2)o1. The van der Waals surface area contributed by atoms with Gasteiger partial charge in [-0.3, -0.25) is 9.88 Å². The molecule has 2 rings (SSSR count). The van der Waals surface area contributed by atoms with E-state index in [1.54, 1.807) is 0 Å². The third-order valence-corrected chi connectivity index (χ3v) is 2.26. The molecule has 0 spiro atoms. The highest BCUT2D eigenvalue weighted by Gasteiger charge is 2.12. The van der Waals surface area contributed by atoms with E-state index in [0.29, 0.717) is 11.9 Å². The van der Waals surface area contributed by atoms with Crippen LogP contribution in [0.4, 0.5) is 17.8 Å². The van der Waals surface area contributed by atoms with Crippen molar-refractivity contribution in [2.24, 2.45) is 0 Å². The van der Waals surface area contributed by atoms with Crippen molar-refractivity contribution in [3.05, 3.63) is 17.9 Å². The van der Waals surface area contributed by atoms with Crippen LogP contribution in [0.25, 0.3) is 0 Å². The Kier molecular flexibility index (Phi) is 2.55. The van der Waals surface area contributed by atoms with Crippen molar-refractivity contribution in [2.75, 3.05) is 30.9 Å². The van der Waals surface area contributed by atoms with Crippen molar-refractivity contribution in [3.63, 3.8) is 0 Å². The highest BCUT2D eigenvalue weighted by molar-refractivity contribution is 5.51. The summed E-state index contributed by atoms with van der Waals surface area (Å²) in [6.45, 7) is 1.91. The van der Waals surface area contributed by atoms with Crippen LogP contribution >= 0.6 is 0 Å². The van der Waals surface area contributed by atoms with E-state index in [0.717, 1.165) is 11.6 Å². The lowest BCUT2D eigenvalue weighted by atomic mass is 10.5. The first kappa shape index (κ1) is 10.5. The molecule has 0 amide bonds. The van der Waals surface area contributed by atoms with E-state index in [1.165, 1.54) is 0 Å². The lowest BCUT2D eigenvalue weighted by Crippen LogP contribution is -2.12. The van der Waals surface area contributed by atoms with E-state index in [9.17, 15) is 0 Å². The summed E-state index contributed by atoms with van der Waals surface area (Å²) in [4.78, 5) is 6.76. The van der Waals surface area contributed by atoms with Crippen LogP contribution in [0.15, 0.2) is 16.5 Å². The predicted octanol–water partition coefficient (Wildman–Crippen LogP) is 1.54. The molecule has 2 heterocycles. The summed E-state index contributed by atoms with van der Waals surface area (Å²) in [5, 5.41) is 8.05. The minimum atomic E-state index is 0.651. The standard InChI is InChI=1S/C10H15N5O/c1-7-5-6-8(16-7)15(4)10-11-9(12-13-10)14(2)3/h5-6H,1-4H3,(H,11,12,13). The Morgan fingerprint density at radius 1 is 1.12 bits per heavy atom. The Bertz CT molecular complexity index is 473. The van der Waals surface area contributed by atoms with Crippen LogP contribution in [0.5, 0.6) is 0 Å². The van der Waals surface area contributed by atoms with Gasteiger partial charge in [0.05, 0.1) is 0 Å². The molecule has 0 radical (unpaired) electrons. The number of H-pyrrole nitrogens is 1. The average molecular weight is 221 g/mol. The number of nitrogens with one attached hydrogen (secondary N) is 1. The van der Waals surface area contributed by atoms with E-state index in [1.807, 2.05) is 50.0 Å². The van der Waals surface area contributed by atoms with Crippen LogP contribution in [-0.2, 0) is 0 Å². The number of rotatable bonds is 3. The summed E-state index contributed by atoms with van der Waals surface area (Å²) in [6.07, 6.45) is 0. The van der Waals surface area contributed by atoms with Crippen LogP contribution in [0.2, 0.25) is 0 Å². The molecule has 0 fully saturated rings. The van der Waals surface area contributed by atoms with E-state index in [2.05, 4.69) is 15.2 Å².